The maximum absolute atomic E-state index is 11.4. The van der Waals surface area contributed by atoms with Gasteiger partial charge in [0.2, 0.25) is 0 Å². The van der Waals surface area contributed by atoms with Crippen LogP contribution >= 0.6 is 0 Å². The minimum Gasteiger partial charge on any atom is -0.431 e. The van der Waals surface area contributed by atoms with Crippen LogP contribution in [0, 0.1) is 5.92 Å². The van der Waals surface area contributed by atoms with Gasteiger partial charge in [0.15, 0.2) is 0 Å². The largest absolute Gasteiger partial charge is 0.508 e. The van der Waals surface area contributed by atoms with E-state index in [0.29, 0.717) is 5.92 Å². The van der Waals surface area contributed by atoms with Gasteiger partial charge >= 0.3 is 6.16 Å². The summed E-state index contributed by atoms with van der Waals surface area (Å²) in [6, 6.07) is 0. The predicted molar refractivity (Wildman–Crippen MR) is 65.5 cm³/mol. The van der Waals surface area contributed by atoms with Crippen molar-refractivity contribution in [2.45, 2.75) is 72.5 Å². The lowest BCUT2D eigenvalue weighted by Crippen LogP contribution is -2.26. The van der Waals surface area contributed by atoms with E-state index in [1.165, 1.54) is 0 Å². The molecule has 0 aliphatic heterocycles. The van der Waals surface area contributed by atoms with Crippen molar-refractivity contribution in [2.75, 3.05) is 0 Å². The fraction of sp³-hybridized carbons (Fsp3) is 0.923. The monoisotopic (exact) mass is 230 g/mol. The molecule has 0 aromatic carbocycles. The quantitative estimate of drug-likeness (QED) is 0.616. The summed E-state index contributed by atoms with van der Waals surface area (Å²) >= 11 is 0. The van der Waals surface area contributed by atoms with Gasteiger partial charge in [-0.05, 0) is 25.7 Å². The molecule has 0 spiro atoms. The molecular weight excluding hydrogens is 204 g/mol. The molecule has 0 aromatic heterocycles. The topological polar surface area (TPSA) is 35.5 Å². The van der Waals surface area contributed by atoms with Crippen molar-refractivity contribution in [1.82, 2.24) is 0 Å². The molecule has 0 bridgehead atoms. The van der Waals surface area contributed by atoms with E-state index in [1.807, 2.05) is 13.8 Å². The Morgan fingerprint density at radius 2 is 1.75 bits per heavy atom. The molecule has 0 rings (SSSR count). The second kappa shape index (κ2) is 8.43. The minimum absolute atomic E-state index is 0.0171. The second-order valence-corrected chi connectivity index (χ2v) is 4.63. The Hall–Kier alpha value is -0.730. The van der Waals surface area contributed by atoms with Crippen molar-refractivity contribution >= 4 is 6.16 Å². The lowest BCUT2D eigenvalue weighted by molar-refractivity contribution is -0.0138. The van der Waals surface area contributed by atoms with Crippen LogP contribution in [0.1, 0.15) is 60.3 Å². The Kier molecular flexibility index (Phi) is 8.04. The van der Waals surface area contributed by atoms with Gasteiger partial charge in [-0.1, -0.05) is 40.5 Å². The third-order valence-corrected chi connectivity index (χ3v) is 2.71. The van der Waals surface area contributed by atoms with E-state index < -0.39 is 6.16 Å². The van der Waals surface area contributed by atoms with E-state index in [1.54, 1.807) is 0 Å². The van der Waals surface area contributed by atoms with E-state index in [4.69, 9.17) is 9.47 Å². The van der Waals surface area contributed by atoms with Crippen molar-refractivity contribution in [3.05, 3.63) is 0 Å². The zero-order valence-electron chi connectivity index (χ0n) is 11.3. The molecule has 0 N–H and O–H groups in total. The lowest BCUT2D eigenvalue weighted by Gasteiger charge is -2.21. The van der Waals surface area contributed by atoms with Gasteiger partial charge in [0.05, 0.1) is 0 Å². The summed E-state index contributed by atoms with van der Waals surface area (Å²) in [6.07, 6.45) is 3.33. The fourth-order valence-corrected chi connectivity index (χ4v) is 1.33. The molecule has 0 fully saturated rings. The lowest BCUT2D eigenvalue weighted by atomic mass is 10.0. The number of unbranched alkanes of at least 4 members (excludes halogenated alkanes) is 1. The third-order valence-electron chi connectivity index (χ3n) is 2.71. The van der Waals surface area contributed by atoms with Crippen LogP contribution in [0.15, 0.2) is 0 Å². The van der Waals surface area contributed by atoms with Crippen molar-refractivity contribution in [3.63, 3.8) is 0 Å². The summed E-state index contributed by atoms with van der Waals surface area (Å²) in [5, 5.41) is 0. The maximum Gasteiger partial charge on any atom is 0.508 e. The van der Waals surface area contributed by atoms with Crippen LogP contribution in [0.25, 0.3) is 0 Å². The zero-order valence-corrected chi connectivity index (χ0v) is 11.3. The Bertz CT molecular complexity index is 190. The maximum atomic E-state index is 11.4. The number of carbonyl (C=O) groups excluding carboxylic acids is 1. The molecule has 3 heteroatoms. The molecule has 0 amide bonds. The number of ether oxygens (including phenoxy) is 2. The third kappa shape index (κ3) is 6.70. The highest BCUT2D eigenvalue weighted by Gasteiger charge is 2.19. The Labute approximate surface area is 99.5 Å². The molecule has 0 heterocycles. The first kappa shape index (κ1) is 15.3. The fourth-order valence-electron chi connectivity index (χ4n) is 1.33. The van der Waals surface area contributed by atoms with E-state index in [9.17, 15) is 4.79 Å². The molecular formula is C13H26O3. The van der Waals surface area contributed by atoms with Crippen molar-refractivity contribution < 1.29 is 14.3 Å². The number of hydrogen-bond donors (Lipinski definition) is 0. The van der Waals surface area contributed by atoms with Gasteiger partial charge in [0.25, 0.3) is 0 Å². The Morgan fingerprint density at radius 3 is 2.19 bits per heavy atom. The number of rotatable bonds is 7. The summed E-state index contributed by atoms with van der Waals surface area (Å²) in [6.45, 7) is 10.1. The Balaban J connectivity index is 4.02. The van der Waals surface area contributed by atoms with Crippen LogP contribution in [-0.4, -0.2) is 18.4 Å². The molecule has 0 aromatic rings. The molecule has 0 saturated carbocycles. The molecule has 16 heavy (non-hydrogen) atoms. The van der Waals surface area contributed by atoms with E-state index >= 15 is 0 Å². The molecule has 2 unspecified atom stereocenters. The summed E-state index contributed by atoms with van der Waals surface area (Å²) in [5.74, 6) is 0.344. The van der Waals surface area contributed by atoms with Gasteiger partial charge < -0.3 is 9.47 Å². The highest BCUT2D eigenvalue weighted by atomic mass is 16.7. The summed E-state index contributed by atoms with van der Waals surface area (Å²) < 4.78 is 10.4. The van der Waals surface area contributed by atoms with Gasteiger partial charge in [-0.3, -0.25) is 0 Å². The zero-order chi connectivity index (χ0) is 12.6. The van der Waals surface area contributed by atoms with Crippen LogP contribution in [0.4, 0.5) is 4.79 Å². The summed E-state index contributed by atoms with van der Waals surface area (Å²) in [7, 11) is 0. The van der Waals surface area contributed by atoms with E-state index in [0.717, 1.165) is 25.7 Å². The molecule has 0 radical (unpaired) electrons. The van der Waals surface area contributed by atoms with Gasteiger partial charge in [-0.2, -0.15) is 0 Å². The van der Waals surface area contributed by atoms with Gasteiger partial charge in [-0.15, -0.1) is 0 Å². The van der Waals surface area contributed by atoms with E-state index in [2.05, 4.69) is 20.8 Å². The molecule has 96 valence electrons. The van der Waals surface area contributed by atoms with Crippen LogP contribution in [-0.2, 0) is 9.47 Å². The molecule has 2 atom stereocenters. The van der Waals surface area contributed by atoms with Gasteiger partial charge in [-0.25, -0.2) is 4.79 Å². The standard InChI is InChI=1S/C13H26O3/c1-6-8-9-12(10(3)4)16-13(14)15-11(5)7-2/h10-12H,6-9H2,1-5H3. The second-order valence-electron chi connectivity index (χ2n) is 4.63. The normalized spacial score (nSPS) is 14.6. The van der Waals surface area contributed by atoms with Crippen molar-refractivity contribution in [2.24, 2.45) is 5.92 Å². The summed E-state index contributed by atoms with van der Waals surface area (Å²) in [4.78, 5) is 11.4. The van der Waals surface area contributed by atoms with Crippen LogP contribution in [0.3, 0.4) is 0 Å². The van der Waals surface area contributed by atoms with E-state index in [-0.39, 0.29) is 12.2 Å². The minimum atomic E-state index is -0.524. The van der Waals surface area contributed by atoms with Crippen LogP contribution < -0.4 is 0 Å². The predicted octanol–water partition coefficient (Wildman–Crippen LogP) is 4.15. The van der Waals surface area contributed by atoms with Crippen LogP contribution in [0.2, 0.25) is 0 Å². The first-order chi connectivity index (χ1) is 7.51. The van der Waals surface area contributed by atoms with Crippen molar-refractivity contribution in [3.8, 4) is 0 Å². The Morgan fingerprint density at radius 1 is 1.12 bits per heavy atom. The van der Waals surface area contributed by atoms with Crippen molar-refractivity contribution in [1.29, 1.82) is 0 Å². The van der Waals surface area contributed by atoms with Gasteiger partial charge in [0, 0.05) is 0 Å². The molecule has 0 aliphatic rings. The molecule has 0 saturated heterocycles. The molecule has 0 aliphatic carbocycles. The first-order valence-corrected chi connectivity index (χ1v) is 6.38. The highest BCUT2D eigenvalue weighted by Crippen LogP contribution is 2.15. The SMILES string of the molecule is CCCCC(OC(=O)OC(C)CC)C(C)C. The average molecular weight is 230 g/mol. The number of hydrogen-bond acceptors (Lipinski definition) is 3. The average Bonchev–Trinajstić information content (AvgIpc) is 2.23. The number of carbonyl (C=O) groups is 1. The van der Waals surface area contributed by atoms with Gasteiger partial charge in [0.1, 0.15) is 12.2 Å². The first-order valence-electron chi connectivity index (χ1n) is 6.38. The summed E-state index contributed by atoms with van der Waals surface area (Å²) in [5.41, 5.74) is 0. The van der Waals surface area contributed by atoms with Crippen LogP contribution in [0.5, 0.6) is 0 Å². The highest BCUT2D eigenvalue weighted by molar-refractivity contribution is 5.60. The molecule has 3 nitrogen and oxygen atoms in total. The smallest absolute Gasteiger partial charge is 0.431 e.